The van der Waals surface area contributed by atoms with Gasteiger partial charge in [-0.05, 0) is 0 Å². The van der Waals surface area contributed by atoms with Crippen molar-refractivity contribution in [3.05, 3.63) is 12.2 Å². The van der Waals surface area contributed by atoms with Crippen LogP contribution in [0.25, 0.3) is 0 Å². The fourth-order valence-electron chi connectivity index (χ4n) is 1.17. The van der Waals surface area contributed by atoms with Crippen LogP contribution < -0.4 is 0 Å². The molecule has 1 aliphatic rings. The van der Waals surface area contributed by atoms with Crippen LogP contribution in [0, 0.1) is 0 Å². The smallest absolute Gasteiger partial charge is 0.414 e. The highest BCUT2D eigenvalue weighted by atomic mass is 16.5. The van der Waals surface area contributed by atoms with Crippen molar-refractivity contribution < 1.29 is 24.2 Å². The maximum absolute atomic E-state index is 11.0. The first-order valence-electron chi connectivity index (χ1n) is 3.87. The van der Waals surface area contributed by atoms with Crippen molar-refractivity contribution in [1.29, 1.82) is 0 Å². The summed E-state index contributed by atoms with van der Waals surface area (Å²) in [5.74, 6) is -1.19. The standard InChI is InChI=1S/C8H9NO5/c1-14-7(11)4-5-2-3-6(10)9(5)8(12)13/h2-3,5H,4H2,1H3,(H,12,13). The number of methoxy groups -OCH3 is 1. The van der Waals surface area contributed by atoms with Crippen molar-refractivity contribution in [2.45, 2.75) is 12.5 Å². The second-order valence-corrected chi connectivity index (χ2v) is 2.70. The highest BCUT2D eigenvalue weighted by Crippen LogP contribution is 2.14. The minimum atomic E-state index is -1.37. The van der Waals surface area contributed by atoms with Gasteiger partial charge in [0.2, 0.25) is 0 Å². The molecule has 1 aliphatic heterocycles. The lowest BCUT2D eigenvalue weighted by atomic mass is 10.2. The van der Waals surface area contributed by atoms with E-state index in [0.29, 0.717) is 4.90 Å². The number of hydrogen-bond acceptors (Lipinski definition) is 4. The zero-order valence-corrected chi connectivity index (χ0v) is 7.47. The summed E-state index contributed by atoms with van der Waals surface area (Å²) in [6.45, 7) is 0. The molecule has 0 fully saturated rings. The second-order valence-electron chi connectivity index (χ2n) is 2.70. The van der Waals surface area contributed by atoms with Crippen LogP contribution in [-0.2, 0) is 14.3 Å². The maximum Gasteiger partial charge on any atom is 0.414 e. The predicted octanol–water partition coefficient (Wildman–Crippen LogP) is -0.00550. The van der Waals surface area contributed by atoms with E-state index in [4.69, 9.17) is 5.11 Å². The molecule has 0 radical (unpaired) electrons. The van der Waals surface area contributed by atoms with Crippen LogP contribution in [0.5, 0.6) is 0 Å². The molecule has 0 aromatic rings. The molecule has 2 amide bonds. The zero-order valence-electron chi connectivity index (χ0n) is 7.47. The Morgan fingerprint density at radius 3 is 2.79 bits per heavy atom. The van der Waals surface area contributed by atoms with E-state index in [1.54, 1.807) is 0 Å². The lowest BCUT2D eigenvalue weighted by Gasteiger charge is -2.17. The third kappa shape index (κ3) is 1.90. The molecule has 1 rings (SSSR count). The minimum Gasteiger partial charge on any atom is -0.469 e. The first-order chi connectivity index (χ1) is 6.56. The van der Waals surface area contributed by atoms with E-state index in [0.717, 1.165) is 6.08 Å². The Hall–Kier alpha value is -1.85. The fraction of sp³-hybridized carbons (Fsp3) is 0.375. The number of nitrogens with zero attached hydrogens (tertiary/aromatic N) is 1. The van der Waals surface area contributed by atoms with Gasteiger partial charge in [-0.2, -0.15) is 0 Å². The van der Waals surface area contributed by atoms with Gasteiger partial charge in [0.05, 0.1) is 19.6 Å². The van der Waals surface area contributed by atoms with E-state index in [1.165, 1.54) is 13.2 Å². The molecule has 0 bridgehead atoms. The van der Waals surface area contributed by atoms with Gasteiger partial charge in [-0.25, -0.2) is 9.69 Å². The first-order valence-corrected chi connectivity index (χ1v) is 3.87. The highest BCUT2D eigenvalue weighted by molar-refractivity contribution is 6.01. The predicted molar refractivity (Wildman–Crippen MR) is 44.4 cm³/mol. The third-order valence-electron chi connectivity index (χ3n) is 1.84. The van der Waals surface area contributed by atoms with E-state index in [9.17, 15) is 14.4 Å². The Kier molecular flexibility index (Phi) is 2.85. The molecule has 6 nitrogen and oxygen atoms in total. The molecule has 14 heavy (non-hydrogen) atoms. The van der Waals surface area contributed by atoms with Crippen LogP contribution in [0.2, 0.25) is 0 Å². The molecule has 1 N–H and O–H groups in total. The Balaban J connectivity index is 2.69. The third-order valence-corrected chi connectivity index (χ3v) is 1.84. The number of carbonyl (C=O) groups excluding carboxylic acids is 2. The number of rotatable bonds is 2. The summed E-state index contributed by atoms with van der Waals surface area (Å²) in [5.41, 5.74) is 0. The van der Waals surface area contributed by atoms with Gasteiger partial charge in [-0.1, -0.05) is 6.08 Å². The molecular weight excluding hydrogens is 190 g/mol. The topological polar surface area (TPSA) is 83.9 Å². The van der Waals surface area contributed by atoms with Gasteiger partial charge in [0.25, 0.3) is 5.91 Å². The van der Waals surface area contributed by atoms with E-state index < -0.39 is 24.0 Å². The van der Waals surface area contributed by atoms with Crippen LogP contribution in [0.3, 0.4) is 0 Å². The lowest BCUT2D eigenvalue weighted by Crippen LogP contribution is -2.39. The number of ether oxygens (including phenoxy) is 1. The molecule has 0 spiro atoms. The number of imide groups is 1. The van der Waals surface area contributed by atoms with Gasteiger partial charge in [0.15, 0.2) is 0 Å². The average Bonchev–Trinajstić information content (AvgIpc) is 2.46. The van der Waals surface area contributed by atoms with Crippen molar-refractivity contribution in [3.63, 3.8) is 0 Å². The SMILES string of the molecule is COC(=O)CC1C=CC(=O)N1C(=O)O. The Morgan fingerprint density at radius 2 is 2.29 bits per heavy atom. The number of amides is 2. The monoisotopic (exact) mass is 199 g/mol. The highest BCUT2D eigenvalue weighted by Gasteiger charge is 2.32. The molecule has 76 valence electrons. The van der Waals surface area contributed by atoms with E-state index >= 15 is 0 Å². The molecule has 6 heteroatoms. The maximum atomic E-state index is 11.0. The molecule has 1 unspecified atom stereocenters. The molecule has 0 saturated heterocycles. The van der Waals surface area contributed by atoms with Crippen molar-refractivity contribution in [1.82, 2.24) is 4.90 Å². The summed E-state index contributed by atoms with van der Waals surface area (Å²) in [6.07, 6.45) is 0.981. The quantitative estimate of drug-likeness (QED) is 0.632. The number of carboxylic acid groups (broad SMARTS) is 1. The summed E-state index contributed by atoms with van der Waals surface area (Å²) in [6, 6.07) is -0.743. The second kappa shape index (κ2) is 3.91. The van der Waals surface area contributed by atoms with E-state index in [-0.39, 0.29) is 6.42 Å². The summed E-state index contributed by atoms with van der Waals surface area (Å²) in [5, 5.41) is 8.65. The van der Waals surface area contributed by atoms with Gasteiger partial charge in [-0.15, -0.1) is 0 Å². The molecular formula is C8H9NO5. The molecule has 0 aromatic carbocycles. The molecule has 1 heterocycles. The van der Waals surface area contributed by atoms with Crippen LogP contribution in [0.4, 0.5) is 4.79 Å². The first kappa shape index (κ1) is 10.2. The van der Waals surface area contributed by atoms with Gasteiger partial charge < -0.3 is 9.84 Å². The Morgan fingerprint density at radius 1 is 1.64 bits per heavy atom. The molecule has 0 aliphatic carbocycles. The minimum absolute atomic E-state index is 0.148. The zero-order chi connectivity index (χ0) is 10.7. The largest absolute Gasteiger partial charge is 0.469 e. The summed E-state index contributed by atoms with van der Waals surface area (Å²) >= 11 is 0. The van der Waals surface area contributed by atoms with E-state index in [1.807, 2.05) is 0 Å². The van der Waals surface area contributed by atoms with Crippen molar-refractivity contribution in [2.24, 2.45) is 0 Å². The summed E-state index contributed by atoms with van der Waals surface area (Å²) < 4.78 is 4.37. The van der Waals surface area contributed by atoms with Crippen molar-refractivity contribution in [3.8, 4) is 0 Å². The number of esters is 1. The number of hydrogen-bond donors (Lipinski definition) is 1. The lowest BCUT2D eigenvalue weighted by molar-refractivity contribution is -0.141. The molecule has 0 aromatic heterocycles. The van der Waals surface area contributed by atoms with Crippen LogP contribution >= 0.6 is 0 Å². The van der Waals surface area contributed by atoms with Gasteiger partial charge in [0.1, 0.15) is 0 Å². The van der Waals surface area contributed by atoms with Crippen molar-refractivity contribution in [2.75, 3.05) is 7.11 Å². The molecule has 1 atom stereocenters. The van der Waals surface area contributed by atoms with Crippen LogP contribution in [0.1, 0.15) is 6.42 Å². The fourth-order valence-corrected chi connectivity index (χ4v) is 1.17. The Labute approximate surface area is 79.8 Å². The number of carbonyl (C=O) groups is 3. The normalized spacial score (nSPS) is 19.9. The Bertz CT molecular complexity index is 309. The van der Waals surface area contributed by atoms with Crippen LogP contribution in [0.15, 0.2) is 12.2 Å². The van der Waals surface area contributed by atoms with E-state index in [2.05, 4.69) is 4.74 Å². The van der Waals surface area contributed by atoms with Crippen LogP contribution in [-0.4, -0.2) is 41.1 Å². The van der Waals surface area contributed by atoms with Gasteiger partial charge in [0, 0.05) is 6.08 Å². The summed E-state index contributed by atoms with van der Waals surface area (Å²) in [4.78, 5) is 33.1. The molecule has 0 saturated carbocycles. The van der Waals surface area contributed by atoms with Gasteiger partial charge in [-0.3, -0.25) is 9.59 Å². The summed E-state index contributed by atoms with van der Waals surface area (Å²) in [7, 11) is 1.20. The average molecular weight is 199 g/mol. The van der Waals surface area contributed by atoms with Crippen molar-refractivity contribution >= 4 is 18.0 Å². The van der Waals surface area contributed by atoms with Gasteiger partial charge >= 0.3 is 12.1 Å².